The summed E-state index contributed by atoms with van der Waals surface area (Å²) in [4.78, 5) is 4.67. The lowest BCUT2D eigenvalue weighted by atomic mass is 9.98. The van der Waals surface area contributed by atoms with E-state index in [0.29, 0.717) is 6.04 Å². The molecule has 2 nitrogen and oxygen atoms in total. The molecule has 0 radical (unpaired) electrons. The van der Waals surface area contributed by atoms with Gasteiger partial charge in [-0.05, 0) is 42.9 Å². The molecule has 3 rings (SSSR count). The van der Waals surface area contributed by atoms with Crippen LogP contribution in [0.1, 0.15) is 26.7 Å². The van der Waals surface area contributed by atoms with Crippen LogP contribution in [0.4, 0.5) is 5.13 Å². The monoisotopic (exact) mass is 324 g/mol. The van der Waals surface area contributed by atoms with Gasteiger partial charge in [-0.25, -0.2) is 4.98 Å². The molecule has 3 unspecified atom stereocenters. The van der Waals surface area contributed by atoms with Crippen molar-refractivity contribution in [3.8, 4) is 0 Å². The summed E-state index contributed by atoms with van der Waals surface area (Å²) >= 11 is 5.24. The quantitative estimate of drug-likeness (QED) is 0.849. The van der Waals surface area contributed by atoms with Crippen LogP contribution in [0.15, 0.2) is 22.7 Å². The van der Waals surface area contributed by atoms with Crippen molar-refractivity contribution >= 4 is 42.6 Å². The van der Waals surface area contributed by atoms with Crippen molar-refractivity contribution in [2.24, 2.45) is 11.8 Å². The van der Waals surface area contributed by atoms with E-state index in [-0.39, 0.29) is 0 Å². The number of aromatic nitrogens is 1. The minimum Gasteiger partial charge on any atom is -0.358 e. The highest BCUT2D eigenvalue weighted by molar-refractivity contribution is 9.10. The molecule has 1 aliphatic rings. The molecule has 1 aromatic heterocycles. The molecule has 0 amide bonds. The maximum Gasteiger partial charge on any atom is 0.184 e. The van der Waals surface area contributed by atoms with Crippen molar-refractivity contribution in [1.82, 2.24) is 4.98 Å². The van der Waals surface area contributed by atoms with Gasteiger partial charge >= 0.3 is 0 Å². The first-order chi connectivity index (χ1) is 8.63. The van der Waals surface area contributed by atoms with Gasteiger partial charge in [-0.1, -0.05) is 41.1 Å². The smallest absolute Gasteiger partial charge is 0.184 e. The molecule has 0 spiro atoms. The number of nitrogens with one attached hydrogen (secondary N) is 1. The van der Waals surface area contributed by atoms with Gasteiger partial charge in [0.1, 0.15) is 0 Å². The summed E-state index contributed by atoms with van der Waals surface area (Å²) in [6, 6.07) is 6.87. The lowest BCUT2D eigenvalue weighted by molar-refractivity contribution is 0.435. The van der Waals surface area contributed by atoms with Crippen molar-refractivity contribution in [3.63, 3.8) is 0 Å². The van der Waals surface area contributed by atoms with Gasteiger partial charge < -0.3 is 5.32 Å². The first-order valence-electron chi connectivity index (χ1n) is 6.46. The average Bonchev–Trinajstić information content (AvgIpc) is 2.86. The third kappa shape index (κ3) is 2.28. The highest BCUT2D eigenvalue weighted by Crippen LogP contribution is 2.35. The molecule has 96 valence electrons. The molecule has 1 saturated carbocycles. The third-order valence-electron chi connectivity index (χ3n) is 4.12. The Balaban J connectivity index is 1.83. The van der Waals surface area contributed by atoms with Crippen molar-refractivity contribution in [3.05, 3.63) is 22.7 Å². The lowest BCUT2D eigenvalue weighted by Gasteiger charge is -2.18. The fourth-order valence-corrected chi connectivity index (χ4v) is 3.95. The molecule has 18 heavy (non-hydrogen) atoms. The maximum atomic E-state index is 4.67. The van der Waals surface area contributed by atoms with E-state index >= 15 is 0 Å². The van der Waals surface area contributed by atoms with Gasteiger partial charge in [-0.15, -0.1) is 0 Å². The minimum absolute atomic E-state index is 0.587. The minimum atomic E-state index is 0.587. The summed E-state index contributed by atoms with van der Waals surface area (Å²) in [5.41, 5.74) is 1.08. The lowest BCUT2D eigenvalue weighted by Crippen LogP contribution is -2.23. The van der Waals surface area contributed by atoms with E-state index in [1.54, 1.807) is 11.3 Å². The molecule has 0 bridgehead atoms. The molecular formula is C14H17BrN2S. The number of thiazole rings is 1. The van der Waals surface area contributed by atoms with Crippen LogP contribution in [0.2, 0.25) is 0 Å². The second-order valence-corrected chi connectivity index (χ2v) is 7.24. The highest BCUT2D eigenvalue weighted by atomic mass is 79.9. The van der Waals surface area contributed by atoms with Crippen LogP contribution in [0.25, 0.3) is 10.2 Å². The topological polar surface area (TPSA) is 24.9 Å². The molecule has 1 aliphatic carbocycles. The SMILES string of the molecule is CC1CCC(Nc2nc3cc(Br)ccc3s2)C1C. The molecule has 0 saturated heterocycles. The Morgan fingerprint density at radius 3 is 2.89 bits per heavy atom. The van der Waals surface area contributed by atoms with E-state index in [9.17, 15) is 0 Å². The Bertz CT molecular complexity index is 566. The van der Waals surface area contributed by atoms with Gasteiger partial charge in [0, 0.05) is 10.5 Å². The van der Waals surface area contributed by atoms with E-state index in [1.807, 2.05) is 0 Å². The summed E-state index contributed by atoms with van der Waals surface area (Å²) in [5, 5.41) is 4.69. The van der Waals surface area contributed by atoms with Crippen LogP contribution in [0, 0.1) is 11.8 Å². The predicted molar refractivity (Wildman–Crippen MR) is 82.3 cm³/mol. The average molecular weight is 325 g/mol. The molecule has 1 aromatic carbocycles. The Morgan fingerprint density at radius 2 is 2.17 bits per heavy atom. The summed E-state index contributed by atoms with van der Waals surface area (Å²) in [5.74, 6) is 1.56. The summed E-state index contributed by atoms with van der Waals surface area (Å²) in [6.07, 6.45) is 2.59. The van der Waals surface area contributed by atoms with Gasteiger partial charge in [0.25, 0.3) is 0 Å². The van der Waals surface area contributed by atoms with Gasteiger partial charge in [-0.3, -0.25) is 0 Å². The van der Waals surface area contributed by atoms with Gasteiger partial charge in [-0.2, -0.15) is 0 Å². The zero-order chi connectivity index (χ0) is 12.7. The van der Waals surface area contributed by atoms with Crippen LogP contribution in [0.3, 0.4) is 0 Å². The Hall–Kier alpha value is -0.610. The van der Waals surface area contributed by atoms with E-state index in [0.717, 1.165) is 27.0 Å². The number of anilines is 1. The summed E-state index contributed by atoms with van der Waals surface area (Å²) in [6.45, 7) is 4.70. The Morgan fingerprint density at radius 1 is 1.33 bits per heavy atom. The first kappa shape index (κ1) is 12.4. The predicted octanol–water partition coefficient (Wildman–Crippen LogP) is 4.91. The Kier molecular flexibility index (Phi) is 3.32. The normalized spacial score (nSPS) is 27.8. The highest BCUT2D eigenvalue weighted by Gasteiger charge is 2.30. The molecule has 2 aromatic rings. The first-order valence-corrected chi connectivity index (χ1v) is 8.07. The fourth-order valence-electron chi connectivity index (χ4n) is 2.69. The van der Waals surface area contributed by atoms with E-state index in [1.165, 1.54) is 17.5 Å². The molecule has 1 fully saturated rings. The van der Waals surface area contributed by atoms with E-state index in [2.05, 4.69) is 58.3 Å². The third-order valence-corrected chi connectivity index (χ3v) is 5.58. The zero-order valence-electron chi connectivity index (χ0n) is 10.6. The fraction of sp³-hybridized carbons (Fsp3) is 0.500. The number of hydrogen-bond donors (Lipinski definition) is 1. The van der Waals surface area contributed by atoms with Crippen LogP contribution in [-0.2, 0) is 0 Å². The molecule has 3 atom stereocenters. The number of benzene rings is 1. The number of halogens is 1. The molecule has 0 aliphatic heterocycles. The van der Waals surface area contributed by atoms with Crippen molar-refractivity contribution in [2.45, 2.75) is 32.7 Å². The summed E-state index contributed by atoms with van der Waals surface area (Å²) < 4.78 is 2.34. The number of hydrogen-bond acceptors (Lipinski definition) is 3. The molecule has 4 heteroatoms. The van der Waals surface area contributed by atoms with Gasteiger partial charge in [0.15, 0.2) is 5.13 Å². The summed E-state index contributed by atoms with van der Waals surface area (Å²) in [7, 11) is 0. The molecule has 1 N–H and O–H groups in total. The van der Waals surface area contributed by atoms with E-state index < -0.39 is 0 Å². The number of rotatable bonds is 2. The maximum absolute atomic E-state index is 4.67. The van der Waals surface area contributed by atoms with Gasteiger partial charge in [0.2, 0.25) is 0 Å². The van der Waals surface area contributed by atoms with Crippen LogP contribution in [0.5, 0.6) is 0 Å². The second kappa shape index (κ2) is 4.82. The van der Waals surface area contributed by atoms with Crippen molar-refractivity contribution in [1.29, 1.82) is 0 Å². The van der Waals surface area contributed by atoms with Crippen LogP contribution >= 0.6 is 27.3 Å². The Labute approximate surface area is 120 Å². The molecule has 1 heterocycles. The van der Waals surface area contributed by atoms with Crippen molar-refractivity contribution < 1.29 is 0 Å². The number of nitrogens with zero attached hydrogens (tertiary/aromatic N) is 1. The van der Waals surface area contributed by atoms with Gasteiger partial charge in [0.05, 0.1) is 10.2 Å². The van der Waals surface area contributed by atoms with Crippen molar-refractivity contribution in [2.75, 3.05) is 5.32 Å². The largest absolute Gasteiger partial charge is 0.358 e. The van der Waals surface area contributed by atoms with E-state index in [4.69, 9.17) is 0 Å². The molecular weight excluding hydrogens is 308 g/mol. The van der Waals surface area contributed by atoms with Crippen LogP contribution in [-0.4, -0.2) is 11.0 Å². The number of fused-ring (bicyclic) bond motifs is 1. The second-order valence-electron chi connectivity index (χ2n) is 5.30. The standard InChI is InChI=1S/C14H17BrN2S/c1-8-3-5-11(9(8)2)16-14-17-12-7-10(15)4-6-13(12)18-14/h4,6-9,11H,3,5H2,1-2H3,(H,16,17). The zero-order valence-corrected chi connectivity index (χ0v) is 13.0. The van der Waals surface area contributed by atoms with Crippen LogP contribution < -0.4 is 5.32 Å².